The Morgan fingerprint density at radius 2 is 1.94 bits per heavy atom. The lowest BCUT2D eigenvalue weighted by Gasteiger charge is -2.27. The number of ether oxygens (including phenoxy) is 1. The maximum absolute atomic E-state index is 13.7. The van der Waals surface area contributed by atoms with E-state index >= 15 is 0 Å². The van der Waals surface area contributed by atoms with Gasteiger partial charge in [0.2, 0.25) is 0 Å². The topological polar surface area (TPSA) is 46.5 Å². The molecule has 0 spiro atoms. The van der Waals surface area contributed by atoms with Gasteiger partial charge < -0.3 is 9.84 Å². The summed E-state index contributed by atoms with van der Waals surface area (Å²) < 4.78 is 32.3. The first-order valence-electron chi connectivity index (χ1n) is 5.70. The third-order valence-electron chi connectivity index (χ3n) is 2.85. The fraction of sp³-hybridized carbons (Fsp3) is 0.462. The lowest BCUT2D eigenvalue weighted by atomic mass is 9.79. The SMILES string of the molecule is CCOC(=O)C(C)(CCO)c1c(F)cccc1F. The highest BCUT2D eigenvalue weighted by Crippen LogP contribution is 2.33. The summed E-state index contributed by atoms with van der Waals surface area (Å²) in [6.45, 7) is 2.71. The summed E-state index contributed by atoms with van der Waals surface area (Å²) in [4.78, 5) is 11.9. The van der Waals surface area contributed by atoms with Crippen molar-refractivity contribution in [3.63, 3.8) is 0 Å². The van der Waals surface area contributed by atoms with Crippen LogP contribution in [-0.4, -0.2) is 24.3 Å². The van der Waals surface area contributed by atoms with Crippen LogP contribution in [0.1, 0.15) is 25.8 Å². The minimum Gasteiger partial charge on any atom is -0.465 e. The summed E-state index contributed by atoms with van der Waals surface area (Å²) in [5.41, 5.74) is -1.89. The van der Waals surface area contributed by atoms with Crippen LogP contribution in [0.5, 0.6) is 0 Å². The molecule has 0 aliphatic rings. The Labute approximate surface area is 104 Å². The minimum atomic E-state index is -1.53. The van der Waals surface area contributed by atoms with Gasteiger partial charge in [-0.25, -0.2) is 8.78 Å². The maximum Gasteiger partial charge on any atom is 0.316 e. The molecule has 0 fully saturated rings. The zero-order valence-electron chi connectivity index (χ0n) is 10.4. The van der Waals surface area contributed by atoms with Crippen molar-refractivity contribution < 1.29 is 23.4 Å². The predicted octanol–water partition coefficient (Wildman–Crippen LogP) is 2.17. The number of hydrogen-bond donors (Lipinski definition) is 1. The van der Waals surface area contributed by atoms with Gasteiger partial charge in [0.05, 0.1) is 12.0 Å². The van der Waals surface area contributed by atoms with Gasteiger partial charge >= 0.3 is 5.97 Å². The third-order valence-corrected chi connectivity index (χ3v) is 2.85. The first kappa shape index (κ1) is 14.6. The van der Waals surface area contributed by atoms with E-state index in [1.807, 2.05) is 0 Å². The van der Waals surface area contributed by atoms with Crippen molar-refractivity contribution in [2.45, 2.75) is 25.7 Å². The minimum absolute atomic E-state index is 0.107. The summed E-state index contributed by atoms with van der Waals surface area (Å²) in [6, 6.07) is 3.37. The Balaban J connectivity index is 3.31. The number of halogens is 2. The van der Waals surface area contributed by atoms with Gasteiger partial charge in [-0.3, -0.25) is 4.79 Å². The fourth-order valence-corrected chi connectivity index (χ4v) is 1.87. The highest BCUT2D eigenvalue weighted by molar-refractivity contribution is 5.83. The molecule has 5 heteroatoms. The molecular weight excluding hydrogens is 242 g/mol. The van der Waals surface area contributed by atoms with E-state index in [0.29, 0.717) is 0 Å². The molecule has 0 aliphatic carbocycles. The third kappa shape index (κ3) is 2.67. The molecule has 1 rings (SSSR count). The van der Waals surface area contributed by atoms with Crippen molar-refractivity contribution in [1.82, 2.24) is 0 Å². The zero-order valence-corrected chi connectivity index (χ0v) is 10.4. The van der Waals surface area contributed by atoms with Crippen LogP contribution >= 0.6 is 0 Å². The molecule has 0 aliphatic heterocycles. The lowest BCUT2D eigenvalue weighted by Crippen LogP contribution is -2.37. The predicted molar refractivity (Wildman–Crippen MR) is 62.0 cm³/mol. The van der Waals surface area contributed by atoms with Gasteiger partial charge in [0.15, 0.2) is 0 Å². The van der Waals surface area contributed by atoms with Gasteiger partial charge in [0.1, 0.15) is 11.6 Å². The van der Waals surface area contributed by atoms with Crippen LogP contribution in [0.2, 0.25) is 0 Å². The lowest BCUT2D eigenvalue weighted by molar-refractivity contribution is -0.150. The molecule has 3 nitrogen and oxygen atoms in total. The molecule has 0 aromatic heterocycles. The standard InChI is InChI=1S/C13H16F2O3/c1-3-18-12(17)13(2,7-8-16)11-9(14)5-4-6-10(11)15/h4-6,16H,3,7-8H2,1-2H3. The maximum atomic E-state index is 13.7. The molecule has 1 N–H and O–H groups in total. The first-order valence-corrected chi connectivity index (χ1v) is 5.70. The van der Waals surface area contributed by atoms with E-state index in [2.05, 4.69) is 0 Å². The monoisotopic (exact) mass is 258 g/mol. The molecule has 0 radical (unpaired) electrons. The average Bonchev–Trinajstić information content (AvgIpc) is 2.29. The number of rotatable bonds is 5. The second kappa shape index (κ2) is 5.91. The van der Waals surface area contributed by atoms with Crippen LogP contribution < -0.4 is 0 Å². The van der Waals surface area contributed by atoms with Gasteiger partial charge in [-0.2, -0.15) is 0 Å². The summed E-state index contributed by atoms with van der Waals surface area (Å²) in [5, 5.41) is 9.01. The van der Waals surface area contributed by atoms with Crippen LogP contribution in [0.4, 0.5) is 8.78 Å². The second-order valence-electron chi connectivity index (χ2n) is 4.12. The number of benzene rings is 1. The number of aliphatic hydroxyl groups excluding tert-OH is 1. The van der Waals surface area contributed by atoms with Gasteiger partial charge in [0.25, 0.3) is 0 Å². The van der Waals surface area contributed by atoms with Crippen LogP contribution in [0.15, 0.2) is 18.2 Å². The van der Waals surface area contributed by atoms with E-state index in [0.717, 1.165) is 12.1 Å². The van der Waals surface area contributed by atoms with Crippen LogP contribution in [0.25, 0.3) is 0 Å². The van der Waals surface area contributed by atoms with Gasteiger partial charge in [-0.1, -0.05) is 6.07 Å². The molecule has 1 unspecified atom stereocenters. The number of esters is 1. The number of carbonyl (C=O) groups is 1. The average molecular weight is 258 g/mol. The Hall–Kier alpha value is -1.49. The van der Waals surface area contributed by atoms with Crippen molar-refractivity contribution >= 4 is 5.97 Å². The van der Waals surface area contributed by atoms with Crippen LogP contribution in [0.3, 0.4) is 0 Å². The molecule has 1 aromatic carbocycles. The van der Waals surface area contributed by atoms with Crippen molar-refractivity contribution in [3.05, 3.63) is 35.4 Å². The number of carbonyl (C=O) groups excluding carboxylic acids is 1. The first-order chi connectivity index (χ1) is 8.47. The van der Waals surface area contributed by atoms with Crippen molar-refractivity contribution in [2.24, 2.45) is 0 Å². The van der Waals surface area contributed by atoms with E-state index in [1.165, 1.54) is 13.0 Å². The summed E-state index contributed by atoms with van der Waals surface area (Å²) in [6.07, 6.45) is -0.107. The number of hydrogen-bond acceptors (Lipinski definition) is 3. The summed E-state index contributed by atoms with van der Waals surface area (Å²) in [7, 11) is 0. The fourth-order valence-electron chi connectivity index (χ4n) is 1.87. The Morgan fingerprint density at radius 1 is 1.39 bits per heavy atom. The van der Waals surface area contributed by atoms with Crippen molar-refractivity contribution in [3.8, 4) is 0 Å². The van der Waals surface area contributed by atoms with Crippen molar-refractivity contribution in [2.75, 3.05) is 13.2 Å². The van der Waals surface area contributed by atoms with E-state index < -0.39 is 23.0 Å². The molecule has 100 valence electrons. The van der Waals surface area contributed by atoms with E-state index in [4.69, 9.17) is 9.84 Å². The molecule has 0 saturated heterocycles. The molecular formula is C13H16F2O3. The molecule has 0 saturated carbocycles. The van der Waals surface area contributed by atoms with E-state index in [1.54, 1.807) is 6.92 Å². The Bertz CT molecular complexity index is 414. The number of aliphatic hydroxyl groups is 1. The highest BCUT2D eigenvalue weighted by atomic mass is 19.1. The molecule has 18 heavy (non-hydrogen) atoms. The molecule has 1 aromatic rings. The zero-order chi connectivity index (χ0) is 13.8. The largest absolute Gasteiger partial charge is 0.465 e. The van der Waals surface area contributed by atoms with E-state index in [9.17, 15) is 13.6 Å². The molecule has 0 amide bonds. The van der Waals surface area contributed by atoms with E-state index in [-0.39, 0.29) is 25.2 Å². The Morgan fingerprint density at radius 3 is 2.39 bits per heavy atom. The molecule has 1 atom stereocenters. The van der Waals surface area contributed by atoms with Crippen LogP contribution in [-0.2, 0) is 14.9 Å². The van der Waals surface area contributed by atoms with Gasteiger partial charge in [0, 0.05) is 12.2 Å². The van der Waals surface area contributed by atoms with Gasteiger partial charge in [-0.15, -0.1) is 0 Å². The molecule has 0 bridgehead atoms. The van der Waals surface area contributed by atoms with Crippen molar-refractivity contribution in [1.29, 1.82) is 0 Å². The normalized spacial score (nSPS) is 14.1. The molecule has 0 heterocycles. The Kier molecular flexibility index (Phi) is 4.78. The summed E-state index contributed by atoms with van der Waals surface area (Å²) >= 11 is 0. The second-order valence-corrected chi connectivity index (χ2v) is 4.12. The smallest absolute Gasteiger partial charge is 0.316 e. The highest BCUT2D eigenvalue weighted by Gasteiger charge is 2.40. The summed E-state index contributed by atoms with van der Waals surface area (Å²) in [5.74, 6) is -2.39. The van der Waals surface area contributed by atoms with Crippen LogP contribution in [0, 0.1) is 11.6 Å². The quantitative estimate of drug-likeness (QED) is 0.823. The van der Waals surface area contributed by atoms with Gasteiger partial charge in [-0.05, 0) is 32.4 Å².